The number of unbranched alkanes of at least 4 members (excludes halogenated alkanes) is 5. The van der Waals surface area contributed by atoms with Crippen LogP contribution in [0.15, 0.2) is 6.33 Å². The standard InChI is InChI=1S/C10H18IN3/c1-2-3-4-5-6-7-8-14-9-12-10(11)13-14/h9H,2-8H2,1H3. The Morgan fingerprint density at radius 3 is 2.57 bits per heavy atom. The Hall–Kier alpha value is -0.130. The predicted molar refractivity (Wildman–Crippen MR) is 66.1 cm³/mol. The van der Waals surface area contributed by atoms with E-state index in [1.54, 1.807) is 0 Å². The summed E-state index contributed by atoms with van der Waals surface area (Å²) in [5.74, 6) is 0. The summed E-state index contributed by atoms with van der Waals surface area (Å²) >= 11 is 2.14. The van der Waals surface area contributed by atoms with E-state index < -0.39 is 0 Å². The molecular weight excluding hydrogens is 289 g/mol. The Balaban J connectivity index is 1.99. The average molecular weight is 307 g/mol. The van der Waals surface area contributed by atoms with Crippen molar-refractivity contribution in [2.45, 2.75) is 52.0 Å². The molecule has 0 fully saturated rings. The van der Waals surface area contributed by atoms with Crippen LogP contribution in [0.25, 0.3) is 0 Å². The van der Waals surface area contributed by atoms with E-state index in [-0.39, 0.29) is 0 Å². The molecule has 4 heteroatoms. The Morgan fingerprint density at radius 2 is 1.93 bits per heavy atom. The van der Waals surface area contributed by atoms with Crippen molar-refractivity contribution in [3.63, 3.8) is 0 Å². The molecule has 0 saturated carbocycles. The van der Waals surface area contributed by atoms with Crippen LogP contribution >= 0.6 is 22.6 Å². The second-order valence-corrected chi connectivity index (χ2v) is 4.51. The highest BCUT2D eigenvalue weighted by molar-refractivity contribution is 14.1. The first-order chi connectivity index (χ1) is 6.83. The van der Waals surface area contributed by atoms with Gasteiger partial charge in [-0.05, 0) is 6.42 Å². The smallest absolute Gasteiger partial charge is 0.211 e. The molecule has 1 aromatic rings. The largest absolute Gasteiger partial charge is 0.252 e. The van der Waals surface area contributed by atoms with Gasteiger partial charge in [0.25, 0.3) is 0 Å². The van der Waals surface area contributed by atoms with Gasteiger partial charge in [0.2, 0.25) is 3.83 Å². The summed E-state index contributed by atoms with van der Waals surface area (Å²) in [5, 5.41) is 4.24. The number of hydrogen-bond acceptors (Lipinski definition) is 2. The minimum absolute atomic E-state index is 0.841. The van der Waals surface area contributed by atoms with Crippen molar-refractivity contribution in [1.82, 2.24) is 14.8 Å². The number of aryl methyl sites for hydroxylation is 1. The summed E-state index contributed by atoms with van der Waals surface area (Å²) in [4.78, 5) is 4.08. The summed E-state index contributed by atoms with van der Waals surface area (Å²) < 4.78 is 2.77. The van der Waals surface area contributed by atoms with E-state index in [2.05, 4.69) is 39.6 Å². The van der Waals surface area contributed by atoms with Crippen LogP contribution in [0.1, 0.15) is 45.4 Å². The molecular formula is C10H18IN3. The zero-order valence-corrected chi connectivity index (χ0v) is 10.9. The number of rotatable bonds is 7. The number of hydrogen-bond donors (Lipinski definition) is 0. The quantitative estimate of drug-likeness (QED) is 0.572. The number of nitrogens with zero attached hydrogens (tertiary/aromatic N) is 3. The average Bonchev–Trinajstić information content (AvgIpc) is 2.58. The molecule has 0 aliphatic carbocycles. The highest BCUT2D eigenvalue weighted by atomic mass is 127. The molecule has 0 amide bonds. The molecule has 14 heavy (non-hydrogen) atoms. The molecule has 3 nitrogen and oxygen atoms in total. The third-order valence-corrected chi connectivity index (χ3v) is 2.74. The SMILES string of the molecule is CCCCCCCCn1cnc(I)n1. The molecule has 1 rings (SSSR count). The van der Waals surface area contributed by atoms with Gasteiger partial charge in [-0.1, -0.05) is 39.0 Å². The van der Waals surface area contributed by atoms with Crippen molar-refractivity contribution in [3.05, 3.63) is 10.2 Å². The molecule has 0 radical (unpaired) electrons. The first-order valence-corrected chi connectivity index (χ1v) is 6.45. The summed E-state index contributed by atoms with van der Waals surface area (Å²) in [6.45, 7) is 3.26. The first-order valence-electron chi connectivity index (χ1n) is 5.38. The van der Waals surface area contributed by atoms with Gasteiger partial charge in [-0.3, -0.25) is 4.68 Å². The summed E-state index contributed by atoms with van der Waals surface area (Å²) in [6, 6.07) is 0. The van der Waals surface area contributed by atoms with E-state index in [9.17, 15) is 0 Å². The maximum absolute atomic E-state index is 4.24. The van der Waals surface area contributed by atoms with Crippen LogP contribution in [0.4, 0.5) is 0 Å². The maximum Gasteiger partial charge on any atom is 0.211 e. The number of aromatic nitrogens is 3. The molecule has 0 N–H and O–H groups in total. The molecule has 0 saturated heterocycles. The Labute approximate surface area is 99.4 Å². The Bertz CT molecular complexity index is 247. The lowest BCUT2D eigenvalue weighted by atomic mass is 10.1. The molecule has 0 unspecified atom stereocenters. The zero-order valence-electron chi connectivity index (χ0n) is 8.75. The topological polar surface area (TPSA) is 30.7 Å². The predicted octanol–water partition coefficient (Wildman–Crippen LogP) is 3.24. The summed E-state index contributed by atoms with van der Waals surface area (Å²) in [5.41, 5.74) is 0. The lowest BCUT2D eigenvalue weighted by molar-refractivity contribution is 0.525. The van der Waals surface area contributed by atoms with Gasteiger partial charge in [0.1, 0.15) is 6.33 Å². The van der Waals surface area contributed by atoms with Crippen LogP contribution in [-0.2, 0) is 6.54 Å². The van der Waals surface area contributed by atoms with Gasteiger partial charge in [0.05, 0.1) is 0 Å². The van der Waals surface area contributed by atoms with Crippen molar-refractivity contribution in [1.29, 1.82) is 0 Å². The fourth-order valence-electron chi connectivity index (χ4n) is 1.43. The normalized spacial score (nSPS) is 10.7. The molecule has 0 aliphatic rings. The fourth-order valence-corrected chi connectivity index (χ4v) is 1.84. The van der Waals surface area contributed by atoms with E-state index in [0.717, 1.165) is 10.4 Å². The minimum atomic E-state index is 0.841. The van der Waals surface area contributed by atoms with Crippen LogP contribution in [0.3, 0.4) is 0 Å². The second kappa shape index (κ2) is 7.20. The highest BCUT2D eigenvalue weighted by Gasteiger charge is 1.95. The van der Waals surface area contributed by atoms with E-state index in [0.29, 0.717) is 0 Å². The van der Waals surface area contributed by atoms with E-state index in [4.69, 9.17) is 0 Å². The molecule has 1 heterocycles. The van der Waals surface area contributed by atoms with Crippen molar-refractivity contribution >= 4 is 22.6 Å². The van der Waals surface area contributed by atoms with Gasteiger partial charge in [0, 0.05) is 29.1 Å². The van der Waals surface area contributed by atoms with Crippen LogP contribution in [0.5, 0.6) is 0 Å². The van der Waals surface area contributed by atoms with E-state index in [1.165, 1.54) is 38.5 Å². The molecule has 0 aromatic carbocycles. The van der Waals surface area contributed by atoms with Crippen LogP contribution in [0.2, 0.25) is 0 Å². The molecule has 1 aromatic heterocycles. The molecule has 0 atom stereocenters. The molecule has 0 spiro atoms. The Kier molecular flexibility index (Phi) is 6.14. The van der Waals surface area contributed by atoms with Gasteiger partial charge in [0.15, 0.2) is 0 Å². The molecule has 0 bridgehead atoms. The summed E-state index contributed by atoms with van der Waals surface area (Å²) in [7, 11) is 0. The van der Waals surface area contributed by atoms with E-state index in [1.807, 2.05) is 11.0 Å². The van der Waals surface area contributed by atoms with E-state index >= 15 is 0 Å². The fraction of sp³-hybridized carbons (Fsp3) is 0.800. The zero-order chi connectivity index (χ0) is 10.2. The van der Waals surface area contributed by atoms with Gasteiger partial charge in [-0.25, -0.2) is 4.98 Å². The van der Waals surface area contributed by atoms with Crippen molar-refractivity contribution in [2.75, 3.05) is 0 Å². The monoisotopic (exact) mass is 307 g/mol. The third kappa shape index (κ3) is 4.93. The second-order valence-electron chi connectivity index (χ2n) is 3.54. The van der Waals surface area contributed by atoms with Gasteiger partial charge >= 0.3 is 0 Å². The van der Waals surface area contributed by atoms with Gasteiger partial charge < -0.3 is 0 Å². The van der Waals surface area contributed by atoms with Crippen LogP contribution in [-0.4, -0.2) is 14.8 Å². The highest BCUT2D eigenvalue weighted by Crippen LogP contribution is 2.06. The lowest BCUT2D eigenvalue weighted by Crippen LogP contribution is -1.98. The van der Waals surface area contributed by atoms with Crippen LogP contribution in [0, 0.1) is 3.83 Å². The minimum Gasteiger partial charge on any atom is -0.252 e. The maximum atomic E-state index is 4.24. The molecule has 0 aliphatic heterocycles. The Morgan fingerprint density at radius 1 is 1.21 bits per heavy atom. The van der Waals surface area contributed by atoms with Crippen molar-refractivity contribution in [3.8, 4) is 0 Å². The van der Waals surface area contributed by atoms with Gasteiger partial charge in [-0.2, -0.15) is 0 Å². The number of halogens is 1. The lowest BCUT2D eigenvalue weighted by Gasteiger charge is -2.00. The van der Waals surface area contributed by atoms with Gasteiger partial charge in [-0.15, -0.1) is 5.10 Å². The summed E-state index contributed by atoms with van der Waals surface area (Å²) in [6.07, 6.45) is 9.79. The third-order valence-electron chi connectivity index (χ3n) is 2.25. The molecule has 80 valence electrons. The first kappa shape index (κ1) is 11.9. The van der Waals surface area contributed by atoms with Crippen molar-refractivity contribution < 1.29 is 0 Å². The van der Waals surface area contributed by atoms with Crippen LogP contribution < -0.4 is 0 Å². The van der Waals surface area contributed by atoms with Crippen molar-refractivity contribution in [2.24, 2.45) is 0 Å².